The third-order valence-corrected chi connectivity index (χ3v) is 2.31. The zero-order chi connectivity index (χ0) is 12.5. The van der Waals surface area contributed by atoms with Crippen molar-refractivity contribution in [3.8, 4) is 0 Å². The Balaban J connectivity index is 2.67. The van der Waals surface area contributed by atoms with Gasteiger partial charge in [-0.15, -0.1) is 0 Å². The SMILES string of the molecule is CC(C)(C)C(=O)O[C@@H]1[C@@H](O)[C@H](O)CO[C@@H]1O. The maximum atomic E-state index is 11.5. The van der Waals surface area contributed by atoms with Crippen molar-refractivity contribution in [3.63, 3.8) is 0 Å². The third-order valence-electron chi connectivity index (χ3n) is 2.31. The summed E-state index contributed by atoms with van der Waals surface area (Å²) in [6.45, 7) is 4.75. The van der Waals surface area contributed by atoms with Crippen molar-refractivity contribution < 1.29 is 29.6 Å². The Labute approximate surface area is 93.8 Å². The number of aliphatic hydroxyl groups excluding tert-OH is 3. The lowest BCUT2D eigenvalue weighted by molar-refractivity contribution is -0.262. The summed E-state index contributed by atoms with van der Waals surface area (Å²) in [5.74, 6) is -0.576. The first-order valence-corrected chi connectivity index (χ1v) is 5.10. The van der Waals surface area contributed by atoms with Gasteiger partial charge in [0.2, 0.25) is 0 Å². The number of hydrogen-bond acceptors (Lipinski definition) is 6. The molecule has 1 heterocycles. The average molecular weight is 234 g/mol. The lowest BCUT2D eigenvalue weighted by Crippen LogP contribution is -2.55. The largest absolute Gasteiger partial charge is 0.454 e. The molecule has 1 aliphatic heterocycles. The minimum Gasteiger partial charge on any atom is -0.454 e. The topological polar surface area (TPSA) is 96.2 Å². The van der Waals surface area contributed by atoms with Crippen molar-refractivity contribution in [2.75, 3.05) is 6.61 Å². The minimum absolute atomic E-state index is 0.189. The van der Waals surface area contributed by atoms with Crippen molar-refractivity contribution in [3.05, 3.63) is 0 Å². The Morgan fingerprint density at radius 1 is 1.31 bits per heavy atom. The molecular weight excluding hydrogens is 216 g/mol. The van der Waals surface area contributed by atoms with Gasteiger partial charge in [-0.25, -0.2) is 0 Å². The zero-order valence-corrected chi connectivity index (χ0v) is 9.58. The average Bonchev–Trinajstić information content (AvgIpc) is 2.17. The molecule has 0 unspecified atom stereocenters. The number of carbonyl (C=O) groups is 1. The number of aliphatic hydroxyl groups is 3. The van der Waals surface area contributed by atoms with Gasteiger partial charge in [0.15, 0.2) is 12.4 Å². The summed E-state index contributed by atoms with van der Waals surface area (Å²) in [5, 5.41) is 28.3. The van der Waals surface area contributed by atoms with Gasteiger partial charge in [-0.3, -0.25) is 4.79 Å². The Kier molecular flexibility index (Phi) is 3.90. The summed E-state index contributed by atoms with van der Waals surface area (Å²) in [4.78, 5) is 11.5. The predicted molar refractivity (Wildman–Crippen MR) is 53.3 cm³/mol. The van der Waals surface area contributed by atoms with Crippen molar-refractivity contribution in [1.82, 2.24) is 0 Å². The van der Waals surface area contributed by atoms with E-state index < -0.39 is 36.0 Å². The maximum absolute atomic E-state index is 11.5. The highest BCUT2D eigenvalue weighted by Crippen LogP contribution is 2.22. The molecule has 1 aliphatic rings. The summed E-state index contributed by atoms with van der Waals surface area (Å²) < 4.78 is 9.68. The smallest absolute Gasteiger partial charge is 0.311 e. The molecular formula is C10H18O6. The molecule has 0 aromatic rings. The number of hydrogen-bond donors (Lipinski definition) is 3. The van der Waals surface area contributed by atoms with Gasteiger partial charge in [0.1, 0.15) is 12.2 Å². The molecule has 6 heteroatoms. The molecule has 1 fully saturated rings. The van der Waals surface area contributed by atoms with Crippen LogP contribution in [-0.4, -0.2) is 52.5 Å². The lowest BCUT2D eigenvalue weighted by Gasteiger charge is -2.36. The molecule has 0 aromatic carbocycles. The molecule has 3 N–H and O–H groups in total. The zero-order valence-electron chi connectivity index (χ0n) is 9.58. The van der Waals surface area contributed by atoms with Gasteiger partial charge in [-0.1, -0.05) is 0 Å². The highest BCUT2D eigenvalue weighted by Gasteiger charge is 2.42. The number of esters is 1. The quantitative estimate of drug-likeness (QED) is 0.504. The van der Waals surface area contributed by atoms with Crippen molar-refractivity contribution in [2.24, 2.45) is 5.41 Å². The van der Waals surface area contributed by atoms with E-state index in [0.29, 0.717) is 0 Å². The predicted octanol–water partition coefficient (Wildman–Crippen LogP) is -0.985. The van der Waals surface area contributed by atoms with Crippen LogP contribution in [0.4, 0.5) is 0 Å². The van der Waals surface area contributed by atoms with Gasteiger partial charge < -0.3 is 24.8 Å². The molecule has 1 saturated heterocycles. The van der Waals surface area contributed by atoms with Gasteiger partial charge >= 0.3 is 5.97 Å². The minimum atomic E-state index is -1.41. The molecule has 4 atom stereocenters. The highest BCUT2D eigenvalue weighted by atomic mass is 16.7. The van der Waals surface area contributed by atoms with Crippen LogP contribution in [0.1, 0.15) is 20.8 Å². The van der Waals surface area contributed by atoms with E-state index in [1.54, 1.807) is 20.8 Å². The second kappa shape index (κ2) is 4.67. The van der Waals surface area contributed by atoms with E-state index in [2.05, 4.69) is 0 Å². The number of rotatable bonds is 1. The molecule has 0 aliphatic carbocycles. The summed E-state index contributed by atoms with van der Waals surface area (Å²) in [6, 6.07) is 0. The summed E-state index contributed by atoms with van der Waals surface area (Å²) in [6.07, 6.45) is -5.17. The van der Waals surface area contributed by atoms with Crippen LogP contribution in [0.15, 0.2) is 0 Å². The molecule has 0 saturated carbocycles. The fraction of sp³-hybridized carbons (Fsp3) is 0.900. The van der Waals surface area contributed by atoms with Gasteiger partial charge in [0.25, 0.3) is 0 Å². The van der Waals surface area contributed by atoms with Crippen LogP contribution in [0.5, 0.6) is 0 Å². The molecule has 0 aromatic heterocycles. The van der Waals surface area contributed by atoms with Crippen LogP contribution in [0.25, 0.3) is 0 Å². The molecule has 0 spiro atoms. The van der Waals surface area contributed by atoms with Crippen molar-refractivity contribution in [1.29, 1.82) is 0 Å². The molecule has 94 valence electrons. The van der Waals surface area contributed by atoms with E-state index in [-0.39, 0.29) is 6.61 Å². The van der Waals surface area contributed by atoms with E-state index in [9.17, 15) is 20.1 Å². The monoisotopic (exact) mass is 234 g/mol. The fourth-order valence-corrected chi connectivity index (χ4v) is 1.21. The molecule has 16 heavy (non-hydrogen) atoms. The van der Waals surface area contributed by atoms with E-state index in [0.717, 1.165) is 0 Å². The summed E-state index contributed by atoms with van der Waals surface area (Å²) in [7, 11) is 0. The molecule has 0 radical (unpaired) electrons. The molecule has 0 amide bonds. The second-order valence-electron chi connectivity index (χ2n) is 4.90. The maximum Gasteiger partial charge on any atom is 0.311 e. The second-order valence-corrected chi connectivity index (χ2v) is 4.90. The Morgan fingerprint density at radius 2 is 1.88 bits per heavy atom. The lowest BCUT2D eigenvalue weighted by atomic mass is 9.97. The van der Waals surface area contributed by atoms with Crippen molar-refractivity contribution >= 4 is 5.97 Å². The van der Waals surface area contributed by atoms with Gasteiger partial charge in [-0.2, -0.15) is 0 Å². The van der Waals surface area contributed by atoms with E-state index in [4.69, 9.17) is 9.47 Å². The van der Waals surface area contributed by atoms with Crippen LogP contribution < -0.4 is 0 Å². The normalized spacial score (nSPS) is 35.9. The summed E-state index contributed by atoms with van der Waals surface area (Å²) >= 11 is 0. The Morgan fingerprint density at radius 3 is 2.38 bits per heavy atom. The Hall–Kier alpha value is -0.690. The van der Waals surface area contributed by atoms with Crippen LogP contribution in [-0.2, 0) is 14.3 Å². The third kappa shape index (κ3) is 2.91. The van der Waals surface area contributed by atoms with E-state index >= 15 is 0 Å². The molecule has 6 nitrogen and oxygen atoms in total. The summed E-state index contributed by atoms with van der Waals surface area (Å²) in [5.41, 5.74) is -0.748. The first-order chi connectivity index (χ1) is 7.23. The van der Waals surface area contributed by atoms with Gasteiger partial charge in [0, 0.05) is 0 Å². The van der Waals surface area contributed by atoms with Crippen LogP contribution >= 0.6 is 0 Å². The van der Waals surface area contributed by atoms with Crippen LogP contribution in [0.2, 0.25) is 0 Å². The number of ether oxygens (including phenoxy) is 2. The molecule has 1 rings (SSSR count). The Bertz CT molecular complexity index is 259. The number of carbonyl (C=O) groups excluding carboxylic acids is 1. The van der Waals surface area contributed by atoms with Crippen LogP contribution in [0.3, 0.4) is 0 Å². The van der Waals surface area contributed by atoms with Gasteiger partial charge in [0.05, 0.1) is 12.0 Å². The standard InChI is InChI=1S/C10H18O6/c1-10(2,3)9(14)16-7-6(12)5(11)4-15-8(7)13/h5-8,11-13H,4H2,1-3H3/t5-,6+,7-,8+/m1/s1. The van der Waals surface area contributed by atoms with Crippen LogP contribution in [0, 0.1) is 5.41 Å². The molecule has 0 bridgehead atoms. The van der Waals surface area contributed by atoms with Crippen molar-refractivity contribution in [2.45, 2.75) is 45.4 Å². The van der Waals surface area contributed by atoms with E-state index in [1.165, 1.54) is 0 Å². The first-order valence-electron chi connectivity index (χ1n) is 5.10. The van der Waals surface area contributed by atoms with E-state index in [1.807, 2.05) is 0 Å². The first kappa shape index (κ1) is 13.4. The van der Waals surface area contributed by atoms with Gasteiger partial charge in [-0.05, 0) is 20.8 Å². The highest BCUT2D eigenvalue weighted by molar-refractivity contribution is 5.75. The fourth-order valence-electron chi connectivity index (χ4n) is 1.21.